The number of nitrogens with zero attached hydrogens (tertiary/aromatic N) is 3. The van der Waals surface area contributed by atoms with Gasteiger partial charge in [-0.2, -0.15) is 0 Å². The van der Waals surface area contributed by atoms with Gasteiger partial charge in [0.15, 0.2) is 5.16 Å². The van der Waals surface area contributed by atoms with E-state index < -0.39 is 0 Å². The molecular weight excluding hydrogens is 344 g/mol. The molecule has 5 nitrogen and oxygen atoms in total. The molecule has 2 aliphatic rings. The van der Waals surface area contributed by atoms with Crippen molar-refractivity contribution in [3.05, 3.63) is 18.5 Å². The lowest BCUT2D eigenvalue weighted by molar-refractivity contribution is -0.119. The predicted molar refractivity (Wildman–Crippen MR) is 106 cm³/mol. The highest BCUT2D eigenvalue weighted by molar-refractivity contribution is 7.99. The van der Waals surface area contributed by atoms with Crippen LogP contribution in [0.1, 0.15) is 70.0 Å². The molecule has 1 aromatic rings. The Labute approximate surface area is 161 Å². The highest BCUT2D eigenvalue weighted by Crippen LogP contribution is 2.27. The quantitative estimate of drug-likeness (QED) is 0.547. The molecule has 0 saturated heterocycles. The van der Waals surface area contributed by atoms with Crippen molar-refractivity contribution in [2.24, 2.45) is 5.92 Å². The van der Waals surface area contributed by atoms with Crippen LogP contribution in [0.2, 0.25) is 0 Å². The molecule has 144 valence electrons. The van der Waals surface area contributed by atoms with E-state index in [2.05, 4.69) is 26.7 Å². The summed E-state index contributed by atoms with van der Waals surface area (Å²) < 4.78 is 2.14. The lowest BCUT2D eigenvalue weighted by Gasteiger charge is -2.22. The van der Waals surface area contributed by atoms with Crippen LogP contribution in [-0.4, -0.2) is 32.5 Å². The van der Waals surface area contributed by atoms with E-state index in [1.54, 1.807) is 0 Å². The van der Waals surface area contributed by atoms with E-state index in [1.807, 2.05) is 6.08 Å². The van der Waals surface area contributed by atoms with Gasteiger partial charge < -0.3 is 9.88 Å². The first kappa shape index (κ1) is 19.5. The highest BCUT2D eigenvalue weighted by Gasteiger charge is 2.20. The molecule has 1 amide bonds. The van der Waals surface area contributed by atoms with Crippen molar-refractivity contribution in [3.63, 3.8) is 0 Å². The summed E-state index contributed by atoms with van der Waals surface area (Å²) in [4.78, 5) is 12.3. The second kappa shape index (κ2) is 10.1. The Hall–Kier alpha value is -1.30. The van der Waals surface area contributed by atoms with Crippen LogP contribution in [0.3, 0.4) is 0 Å². The topological polar surface area (TPSA) is 59.8 Å². The summed E-state index contributed by atoms with van der Waals surface area (Å²) in [5.41, 5.74) is 0. The Bertz CT molecular complexity index is 589. The normalized spacial score (nSPS) is 19.4. The Morgan fingerprint density at radius 3 is 2.50 bits per heavy atom. The van der Waals surface area contributed by atoms with Crippen LogP contribution in [0.4, 0.5) is 0 Å². The Morgan fingerprint density at radius 1 is 1.12 bits per heavy atom. The second-order valence-corrected chi connectivity index (χ2v) is 8.64. The van der Waals surface area contributed by atoms with E-state index in [9.17, 15) is 4.79 Å². The summed E-state index contributed by atoms with van der Waals surface area (Å²) in [6.07, 6.45) is 15.5. The first-order valence-corrected chi connectivity index (χ1v) is 11.2. The molecule has 1 heterocycles. The zero-order valence-corrected chi connectivity index (χ0v) is 16.6. The molecule has 0 spiro atoms. The van der Waals surface area contributed by atoms with Gasteiger partial charge >= 0.3 is 0 Å². The van der Waals surface area contributed by atoms with Crippen LogP contribution in [0, 0.1) is 5.92 Å². The van der Waals surface area contributed by atoms with E-state index in [-0.39, 0.29) is 5.91 Å². The van der Waals surface area contributed by atoms with Gasteiger partial charge in [-0.3, -0.25) is 4.79 Å². The van der Waals surface area contributed by atoms with Gasteiger partial charge in [0.2, 0.25) is 5.91 Å². The number of carbonyl (C=O) groups is 1. The Balaban J connectivity index is 1.54. The minimum atomic E-state index is 0.115. The lowest BCUT2D eigenvalue weighted by atomic mass is 9.87. The van der Waals surface area contributed by atoms with Gasteiger partial charge in [-0.15, -0.1) is 16.8 Å². The van der Waals surface area contributed by atoms with Gasteiger partial charge in [-0.1, -0.05) is 69.2 Å². The minimum Gasteiger partial charge on any atom is -0.353 e. The average molecular weight is 377 g/mol. The van der Waals surface area contributed by atoms with E-state index in [0.717, 1.165) is 36.2 Å². The maximum atomic E-state index is 12.3. The molecule has 2 saturated carbocycles. The van der Waals surface area contributed by atoms with Gasteiger partial charge in [0.25, 0.3) is 0 Å². The fourth-order valence-electron chi connectivity index (χ4n) is 4.19. The molecule has 3 rings (SSSR count). The number of aromatic nitrogens is 3. The van der Waals surface area contributed by atoms with Gasteiger partial charge in [0, 0.05) is 19.0 Å². The molecule has 2 fully saturated rings. The molecular formula is C20H32N4OS. The number of amides is 1. The van der Waals surface area contributed by atoms with Gasteiger partial charge in [0.1, 0.15) is 5.82 Å². The van der Waals surface area contributed by atoms with Crippen LogP contribution < -0.4 is 5.32 Å². The van der Waals surface area contributed by atoms with Crippen molar-refractivity contribution in [2.75, 3.05) is 5.75 Å². The van der Waals surface area contributed by atoms with Crippen LogP contribution >= 0.6 is 11.8 Å². The highest BCUT2D eigenvalue weighted by atomic mass is 32.2. The summed E-state index contributed by atoms with van der Waals surface area (Å²) in [5.74, 6) is 2.30. The molecule has 0 aromatic carbocycles. The summed E-state index contributed by atoms with van der Waals surface area (Å²) in [6.45, 7) is 4.58. The molecule has 0 bridgehead atoms. The molecule has 0 aliphatic heterocycles. The molecule has 1 N–H and O–H groups in total. The van der Waals surface area contributed by atoms with Gasteiger partial charge in [-0.05, 0) is 18.8 Å². The first-order valence-electron chi connectivity index (χ1n) is 10.2. The standard InChI is InChI=1S/C20H32N4OS/c1-2-13-24-18(14-16-9-5-3-6-10-16)22-23-20(24)26-15-19(25)21-17-11-7-4-8-12-17/h2,16-17H,1,3-15H2,(H,21,25). The van der Waals surface area contributed by atoms with Gasteiger partial charge in [0.05, 0.1) is 5.75 Å². The third-order valence-corrected chi connectivity index (χ3v) is 6.57. The zero-order chi connectivity index (χ0) is 18.2. The van der Waals surface area contributed by atoms with Crippen LogP contribution in [-0.2, 0) is 17.8 Å². The fourth-order valence-corrected chi connectivity index (χ4v) is 4.96. The van der Waals surface area contributed by atoms with Crippen molar-refractivity contribution >= 4 is 17.7 Å². The van der Waals surface area contributed by atoms with Crippen molar-refractivity contribution < 1.29 is 4.79 Å². The average Bonchev–Trinajstić information content (AvgIpc) is 3.04. The summed E-state index contributed by atoms with van der Waals surface area (Å²) in [7, 11) is 0. The first-order chi connectivity index (χ1) is 12.8. The van der Waals surface area contributed by atoms with E-state index in [0.29, 0.717) is 18.3 Å². The van der Waals surface area contributed by atoms with Crippen molar-refractivity contribution in [1.29, 1.82) is 0 Å². The number of nitrogens with one attached hydrogen (secondary N) is 1. The van der Waals surface area contributed by atoms with Crippen molar-refractivity contribution in [2.45, 2.75) is 88.4 Å². The predicted octanol–water partition coefficient (Wildman–Crippen LogP) is 4.13. The van der Waals surface area contributed by atoms with Crippen LogP contribution in [0.25, 0.3) is 0 Å². The molecule has 6 heteroatoms. The number of carbonyl (C=O) groups excluding carboxylic acids is 1. The smallest absolute Gasteiger partial charge is 0.230 e. The monoisotopic (exact) mass is 376 g/mol. The molecule has 1 aromatic heterocycles. The maximum absolute atomic E-state index is 12.3. The molecule has 0 atom stereocenters. The Kier molecular flexibility index (Phi) is 7.59. The number of hydrogen-bond donors (Lipinski definition) is 1. The van der Waals surface area contributed by atoms with Crippen LogP contribution in [0.15, 0.2) is 17.8 Å². The molecule has 0 radical (unpaired) electrons. The zero-order valence-electron chi connectivity index (χ0n) is 15.8. The van der Waals surface area contributed by atoms with Crippen LogP contribution in [0.5, 0.6) is 0 Å². The van der Waals surface area contributed by atoms with Crippen molar-refractivity contribution in [3.8, 4) is 0 Å². The van der Waals surface area contributed by atoms with E-state index >= 15 is 0 Å². The summed E-state index contributed by atoms with van der Waals surface area (Å²) >= 11 is 1.50. The number of allylic oxidation sites excluding steroid dienone is 1. The maximum Gasteiger partial charge on any atom is 0.230 e. The van der Waals surface area contributed by atoms with E-state index in [4.69, 9.17) is 0 Å². The summed E-state index contributed by atoms with van der Waals surface area (Å²) in [5, 5.41) is 12.8. The molecule has 26 heavy (non-hydrogen) atoms. The summed E-state index contributed by atoms with van der Waals surface area (Å²) in [6, 6.07) is 0.366. The Morgan fingerprint density at radius 2 is 1.81 bits per heavy atom. The lowest BCUT2D eigenvalue weighted by Crippen LogP contribution is -2.37. The molecule has 2 aliphatic carbocycles. The molecule has 0 unspecified atom stereocenters. The number of hydrogen-bond acceptors (Lipinski definition) is 4. The second-order valence-electron chi connectivity index (χ2n) is 7.70. The van der Waals surface area contributed by atoms with Crippen molar-refractivity contribution in [1.82, 2.24) is 20.1 Å². The fraction of sp³-hybridized carbons (Fsp3) is 0.750. The minimum absolute atomic E-state index is 0.115. The largest absolute Gasteiger partial charge is 0.353 e. The van der Waals surface area contributed by atoms with E-state index in [1.165, 1.54) is 63.1 Å². The number of rotatable bonds is 8. The number of thioether (sulfide) groups is 1. The van der Waals surface area contributed by atoms with Gasteiger partial charge in [-0.25, -0.2) is 0 Å². The SMILES string of the molecule is C=CCn1c(CC2CCCCC2)nnc1SCC(=O)NC1CCCCC1. The third-order valence-electron chi connectivity index (χ3n) is 5.60. The third kappa shape index (κ3) is 5.60.